The van der Waals surface area contributed by atoms with Gasteiger partial charge in [-0.1, -0.05) is 78.1 Å². The number of carbonyl (C=O) groups is 2. The minimum atomic E-state index is -0.00659. The monoisotopic (exact) mass is 469 g/mol. The second kappa shape index (κ2) is 25.7. The summed E-state index contributed by atoms with van der Waals surface area (Å²) in [5.74, 6) is -0.00659. The van der Waals surface area contributed by atoms with Gasteiger partial charge in [0.1, 0.15) is 12.4 Å². The Hall–Kier alpha value is -0.940. The number of aldehydes is 1. The van der Waals surface area contributed by atoms with E-state index in [1.54, 1.807) is 0 Å². The molecular weight excluding hydrogens is 414 g/mol. The van der Waals surface area contributed by atoms with Crippen molar-refractivity contribution in [2.45, 2.75) is 142 Å². The Morgan fingerprint density at radius 2 is 1.33 bits per heavy atom. The first-order valence-corrected chi connectivity index (χ1v) is 14.1. The van der Waals surface area contributed by atoms with Gasteiger partial charge in [0.05, 0.1) is 6.61 Å². The molecule has 1 N–H and O–H groups in total. The van der Waals surface area contributed by atoms with Crippen LogP contribution >= 0.6 is 0 Å². The van der Waals surface area contributed by atoms with Gasteiger partial charge < -0.3 is 19.5 Å². The molecule has 0 aromatic heterocycles. The standard InChI is InChI=1S/C28H55NO4/c1-3-5-14-20-27(19-6-4-2)33-28(32)21-15-10-9-12-17-23-29(24-26-31)22-16-11-7-8-13-18-25-30/h25,27,31H,3-24,26H2,1-2H3. The van der Waals surface area contributed by atoms with Gasteiger partial charge in [-0.05, 0) is 58.0 Å². The zero-order valence-corrected chi connectivity index (χ0v) is 22.0. The van der Waals surface area contributed by atoms with Crippen molar-refractivity contribution in [3.05, 3.63) is 0 Å². The zero-order valence-electron chi connectivity index (χ0n) is 22.0. The van der Waals surface area contributed by atoms with Gasteiger partial charge in [0, 0.05) is 19.4 Å². The van der Waals surface area contributed by atoms with Crippen LogP contribution in [0.15, 0.2) is 0 Å². The second-order valence-electron chi connectivity index (χ2n) is 9.56. The summed E-state index contributed by atoms with van der Waals surface area (Å²) in [5.41, 5.74) is 0. The highest BCUT2D eigenvalue weighted by atomic mass is 16.5. The highest BCUT2D eigenvalue weighted by molar-refractivity contribution is 5.69. The fourth-order valence-electron chi connectivity index (χ4n) is 4.27. The normalized spacial score (nSPS) is 12.2. The molecule has 0 aliphatic heterocycles. The van der Waals surface area contributed by atoms with Gasteiger partial charge in [0.15, 0.2) is 0 Å². The minimum Gasteiger partial charge on any atom is -0.462 e. The van der Waals surface area contributed by atoms with Crippen LogP contribution in [0.5, 0.6) is 0 Å². The first kappa shape index (κ1) is 32.1. The molecule has 0 aromatic rings. The van der Waals surface area contributed by atoms with Crippen molar-refractivity contribution >= 4 is 12.3 Å². The molecule has 0 saturated heterocycles. The molecule has 0 radical (unpaired) electrons. The smallest absolute Gasteiger partial charge is 0.306 e. The topological polar surface area (TPSA) is 66.8 Å². The number of hydrogen-bond donors (Lipinski definition) is 1. The molecular formula is C28H55NO4. The van der Waals surface area contributed by atoms with Crippen LogP contribution in [0, 0.1) is 0 Å². The average molecular weight is 470 g/mol. The Kier molecular flexibility index (Phi) is 24.9. The van der Waals surface area contributed by atoms with Gasteiger partial charge in [0.25, 0.3) is 0 Å². The average Bonchev–Trinajstić information content (AvgIpc) is 2.81. The molecule has 0 spiro atoms. The van der Waals surface area contributed by atoms with Gasteiger partial charge >= 0.3 is 5.97 Å². The van der Waals surface area contributed by atoms with E-state index >= 15 is 0 Å². The van der Waals surface area contributed by atoms with Crippen LogP contribution in [0.1, 0.15) is 136 Å². The molecule has 0 amide bonds. The lowest BCUT2D eigenvalue weighted by atomic mass is 10.1. The minimum absolute atomic E-state index is 0.00659. The van der Waals surface area contributed by atoms with E-state index in [2.05, 4.69) is 18.7 Å². The van der Waals surface area contributed by atoms with Crippen molar-refractivity contribution in [1.29, 1.82) is 0 Å². The van der Waals surface area contributed by atoms with Crippen molar-refractivity contribution in [1.82, 2.24) is 4.90 Å². The number of unbranched alkanes of at least 4 members (excludes halogenated alkanes) is 12. The number of esters is 1. The number of carbonyl (C=O) groups excluding carboxylic acids is 2. The molecule has 0 aliphatic carbocycles. The highest BCUT2D eigenvalue weighted by Gasteiger charge is 2.13. The van der Waals surface area contributed by atoms with Gasteiger partial charge in [-0.15, -0.1) is 0 Å². The quantitative estimate of drug-likeness (QED) is 0.0853. The van der Waals surface area contributed by atoms with Gasteiger partial charge in [0.2, 0.25) is 0 Å². The third kappa shape index (κ3) is 22.6. The summed E-state index contributed by atoms with van der Waals surface area (Å²) in [6.07, 6.45) is 21.5. The summed E-state index contributed by atoms with van der Waals surface area (Å²) in [5, 5.41) is 9.31. The molecule has 196 valence electrons. The first-order chi connectivity index (χ1) is 16.2. The largest absolute Gasteiger partial charge is 0.462 e. The van der Waals surface area contributed by atoms with Crippen molar-refractivity contribution < 1.29 is 19.4 Å². The molecule has 1 atom stereocenters. The second-order valence-corrected chi connectivity index (χ2v) is 9.56. The molecule has 5 nitrogen and oxygen atoms in total. The van der Waals surface area contributed by atoms with E-state index in [9.17, 15) is 14.7 Å². The number of rotatable bonds is 26. The lowest BCUT2D eigenvalue weighted by Gasteiger charge is -2.21. The number of aliphatic hydroxyl groups excluding tert-OH is 1. The Morgan fingerprint density at radius 3 is 1.94 bits per heavy atom. The van der Waals surface area contributed by atoms with E-state index in [0.717, 1.165) is 96.5 Å². The van der Waals surface area contributed by atoms with Crippen molar-refractivity contribution in [2.75, 3.05) is 26.2 Å². The van der Waals surface area contributed by atoms with Crippen molar-refractivity contribution in [3.63, 3.8) is 0 Å². The van der Waals surface area contributed by atoms with E-state index < -0.39 is 0 Å². The summed E-state index contributed by atoms with van der Waals surface area (Å²) in [6.45, 7) is 7.47. The summed E-state index contributed by atoms with van der Waals surface area (Å²) in [4.78, 5) is 24.9. The van der Waals surface area contributed by atoms with E-state index in [0.29, 0.717) is 12.8 Å². The molecule has 0 heterocycles. The van der Waals surface area contributed by atoms with E-state index in [1.807, 2.05) is 0 Å². The van der Waals surface area contributed by atoms with Gasteiger partial charge in [-0.2, -0.15) is 0 Å². The van der Waals surface area contributed by atoms with E-state index in [4.69, 9.17) is 4.74 Å². The third-order valence-electron chi connectivity index (χ3n) is 6.38. The summed E-state index contributed by atoms with van der Waals surface area (Å²) in [7, 11) is 0. The SMILES string of the molecule is CCCCCC(CCCC)OC(=O)CCCCCCCN(CCO)CCCCCCCC=O. The number of aliphatic hydroxyl groups is 1. The van der Waals surface area contributed by atoms with Crippen LogP contribution in [0.3, 0.4) is 0 Å². The number of hydrogen-bond acceptors (Lipinski definition) is 5. The zero-order chi connectivity index (χ0) is 24.4. The lowest BCUT2D eigenvalue weighted by Crippen LogP contribution is -2.29. The van der Waals surface area contributed by atoms with Crippen LogP contribution in [0.2, 0.25) is 0 Å². The van der Waals surface area contributed by atoms with Gasteiger partial charge in [-0.25, -0.2) is 0 Å². The molecule has 5 heteroatoms. The van der Waals surface area contributed by atoms with Crippen molar-refractivity contribution in [2.24, 2.45) is 0 Å². The maximum absolute atomic E-state index is 12.2. The molecule has 0 fully saturated rings. The Morgan fingerprint density at radius 1 is 0.758 bits per heavy atom. The number of nitrogens with zero attached hydrogens (tertiary/aromatic N) is 1. The predicted octanol–water partition coefficient (Wildman–Crippen LogP) is 6.84. The maximum Gasteiger partial charge on any atom is 0.306 e. The van der Waals surface area contributed by atoms with E-state index in [1.165, 1.54) is 38.5 Å². The fourth-order valence-corrected chi connectivity index (χ4v) is 4.27. The molecule has 1 unspecified atom stereocenters. The summed E-state index contributed by atoms with van der Waals surface area (Å²) in [6, 6.07) is 0. The highest BCUT2D eigenvalue weighted by Crippen LogP contribution is 2.16. The number of ether oxygens (including phenoxy) is 1. The fraction of sp³-hybridized carbons (Fsp3) is 0.929. The van der Waals surface area contributed by atoms with Crippen molar-refractivity contribution in [3.8, 4) is 0 Å². The van der Waals surface area contributed by atoms with E-state index in [-0.39, 0.29) is 18.7 Å². The van der Waals surface area contributed by atoms with Crippen LogP contribution in [-0.2, 0) is 14.3 Å². The summed E-state index contributed by atoms with van der Waals surface area (Å²) < 4.78 is 5.77. The maximum atomic E-state index is 12.2. The first-order valence-electron chi connectivity index (χ1n) is 14.1. The molecule has 33 heavy (non-hydrogen) atoms. The predicted molar refractivity (Wildman–Crippen MR) is 139 cm³/mol. The Bertz CT molecular complexity index is 430. The summed E-state index contributed by atoms with van der Waals surface area (Å²) >= 11 is 0. The molecule has 0 saturated carbocycles. The molecule has 0 bridgehead atoms. The van der Waals surface area contributed by atoms with Crippen LogP contribution < -0.4 is 0 Å². The Labute approximate surface area is 205 Å². The molecule has 0 rings (SSSR count). The third-order valence-corrected chi connectivity index (χ3v) is 6.38. The Balaban J connectivity index is 3.80. The lowest BCUT2D eigenvalue weighted by molar-refractivity contribution is -0.150. The molecule has 0 aliphatic rings. The van der Waals surface area contributed by atoms with Crippen LogP contribution in [0.4, 0.5) is 0 Å². The molecule has 0 aromatic carbocycles. The van der Waals surface area contributed by atoms with Crippen LogP contribution in [0.25, 0.3) is 0 Å². The van der Waals surface area contributed by atoms with Crippen LogP contribution in [-0.4, -0.2) is 54.6 Å². The van der Waals surface area contributed by atoms with Gasteiger partial charge in [-0.3, -0.25) is 4.79 Å².